The predicted octanol–water partition coefficient (Wildman–Crippen LogP) is 2.27. The summed E-state index contributed by atoms with van der Waals surface area (Å²) in [7, 11) is 1.74. The van der Waals surface area contributed by atoms with Crippen LogP contribution in [0.25, 0.3) is 0 Å². The van der Waals surface area contributed by atoms with E-state index in [1.807, 2.05) is 6.92 Å². The lowest BCUT2D eigenvalue weighted by molar-refractivity contribution is 0.379. The molecule has 0 aromatic carbocycles. The molecule has 0 bridgehead atoms. The molecule has 0 saturated carbocycles. The van der Waals surface area contributed by atoms with Gasteiger partial charge in [-0.1, -0.05) is 20.8 Å². The maximum atomic E-state index is 5.66. The van der Waals surface area contributed by atoms with E-state index in [1.165, 1.54) is 0 Å². The fraction of sp³-hybridized carbons (Fsp3) is 0.667. The summed E-state index contributed by atoms with van der Waals surface area (Å²) in [6, 6.07) is 0. The Morgan fingerprint density at radius 1 is 1.39 bits per heavy atom. The lowest BCUT2D eigenvalue weighted by Crippen LogP contribution is -2.36. The van der Waals surface area contributed by atoms with Crippen LogP contribution in [0.15, 0.2) is 15.6 Å². The summed E-state index contributed by atoms with van der Waals surface area (Å²) in [6.45, 7) is 9.69. The molecule has 6 heteroatoms. The van der Waals surface area contributed by atoms with E-state index < -0.39 is 0 Å². The fourth-order valence-electron chi connectivity index (χ4n) is 1.29. The lowest BCUT2D eigenvalue weighted by Gasteiger charge is -2.13. The van der Waals surface area contributed by atoms with Gasteiger partial charge in [0.15, 0.2) is 5.96 Å². The van der Waals surface area contributed by atoms with Crippen molar-refractivity contribution in [2.75, 3.05) is 13.6 Å². The second-order valence-electron chi connectivity index (χ2n) is 4.82. The van der Waals surface area contributed by atoms with Crippen LogP contribution in [0.4, 0.5) is 0 Å². The molecular formula is C12H23IN4O. The van der Waals surface area contributed by atoms with Crippen LogP contribution in [0.5, 0.6) is 0 Å². The molecule has 1 aromatic rings. The number of hydrogen-bond acceptors (Lipinski definition) is 3. The largest absolute Gasteiger partial charge is 0.443 e. The highest BCUT2D eigenvalue weighted by atomic mass is 127. The minimum Gasteiger partial charge on any atom is -0.443 e. The second kappa shape index (κ2) is 7.60. The summed E-state index contributed by atoms with van der Waals surface area (Å²) in [6.07, 6.45) is 1.78. The molecule has 18 heavy (non-hydrogen) atoms. The Hall–Kier alpha value is -0.790. The van der Waals surface area contributed by atoms with Gasteiger partial charge >= 0.3 is 0 Å². The van der Waals surface area contributed by atoms with Crippen molar-refractivity contribution in [3.05, 3.63) is 17.8 Å². The van der Waals surface area contributed by atoms with Gasteiger partial charge in [0.25, 0.3) is 0 Å². The van der Waals surface area contributed by atoms with Crippen LogP contribution in [0.1, 0.15) is 39.3 Å². The first-order chi connectivity index (χ1) is 7.97. The normalized spacial score (nSPS) is 11.9. The number of halogens is 1. The molecule has 1 rings (SSSR count). The van der Waals surface area contributed by atoms with E-state index in [-0.39, 0.29) is 29.4 Å². The Morgan fingerprint density at radius 2 is 2.06 bits per heavy atom. The summed E-state index contributed by atoms with van der Waals surface area (Å²) in [5.41, 5.74) is -0.00536. The fourth-order valence-corrected chi connectivity index (χ4v) is 1.29. The standard InChI is InChI=1S/C12H22N4O.HI/c1-6-14-11(13-5)16-8-10-15-7-9(17-10)12(2,3)4;/h7H,6,8H2,1-5H3,(H2,13,14,16);1H. The van der Waals surface area contributed by atoms with Crippen molar-refractivity contribution in [1.82, 2.24) is 15.6 Å². The minimum absolute atomic E-state index is 0. The van der Waals surface area contributed by atoms with E-state index in [4.69, 9.17) is 4.42 Å². The molecule has 0 saturated heterocycles. The summed E-state index contributed by atoms with van der Waals surface area (Å²) in [5.74, 6) is 2.32. The summed E-state index contributed by atoms with van der Waals surface area (Å²) < 4.78 is 5.66. The first-order valence-corrected chi connectivity index (χ1v) is 5.87. The Kier molecular flexibility index (Phi) is 7.27. The Bertz CT molecular complexity index is 382. The average Bonchev–Trinajstić information content (AvgIpc) is 2.72. The van der Waals surface area contributed by atoms with Crippen LogP contribution in [-0.4, -0.2) is 24.5 Å². The van der Waals surface area contributed by atoms with Gasteiger partial charge < -0.3 is 15.1 Å². The summed E-state index contributed by atoms with van der Waals surface area (Å²) in [5, 5.41) is 6.24. The zero-order chi connectivity index (χ0) is 12.9. The van der Waals surface area contributed by atoms with Crippen LogP contribution in [0.3, 0.4) is 0 Å². The van der Waals surface area contributed by atoms with E-state index in [2.05, 4.69) is 41.4 Å². The van der Waals surface area contributed by atoms with Crippen LogP contribution in [0, 0.1) is 0 Å². The number of nitrogens with one attached hydrogen (secondary N) is 2. The van der Waals surface area contributed by atoms with Crippen molar-refractivity contribution in [2.45, 2.75) is 39.7 Å². The summed E-state index contributed by atoms with van der Waals surface area (Å²) in [4.78, 5) is 8.31. The van der Waals surface area contributed by atoms with Gasteiger partial charge in [-0.25, -0.2) is 4.98 Å². The van der Waals surface area contributed by atoms with Gasteiger partial charge in [-0.3, -0.25) is 4.99 Å². The third kappa shape index (κ3) is 5.24. The molecule has 0 aliphatic rings. The average molecular weight is 366 g/mol. The van der Waals surface area contributed by atoms with Crippen molar-refractivity contribution >= 4 is 29.9 Å². The maximum absolute atomic E-state index is 5.66. The molecule has 0 unspecified atom stereocenters. The van der Waals surface area contributed by atoms with Gasteiger partial charge in [-0.15, -0.1) is 24.0 Å². The van der Waals surface area contributed by atoms with Crippen molar-refractivity contribution in [1.29, 1.82) is 0 Å². The molecular weight excluding hydrogens is 343 g/mol. The van der Waals surface area contributed by atoms with Crippen LogP contribution in [-0.2, 0) is 12.0 Å². The zero-order valence-corrected chi connectivity index (χ0v) is 14.0. The molecule has 1 aromatic heterocycles. The van der Waals surface area contributed by atoms with Crippen molar-refractivity contribution in [2.24, 2.45) is 4.99 Å². The maximum Gasteiger partial charge on any atom is 0.213 e. The van der Waals surface area contributed by atoms with Gasteiger partial charge in [0.05, 0.1) is 12.7 Å². The SMILES string of the molecule is CCNC(=NC)NCc1ncc(C(C)(C)C)o1.I. The predicted molar refractivity (Wildman–Crippen MR) is 84.5 cm³/mol. The van der Waals surface area contributed by atoms with E-state index >= 15 is 0 Å². The lowest BCUT2D eigenvalue weighted by atomic mass is 9.94. The quantitative estimate of drug-likeness (QED) is 0.490. The summed E-state index contributed by atoms with van der Waals surface area (Å²) >= 11 is 0. The van der Waals surface area contributed by atoms with Gasteiger partial charge in [0.1, 0.15) is 5.76 Å². The Labute approximate surface area is 126 Å². The van der Waals surface area contributed by atoms with Crippen LogP contribution < -0.4 is 10.6 Å². The van der Waals surface area contributed by atoms with Crippen LogP contribution in [0.2, 0.25) is 0 Å². The van der Waals surface area contributed by atoms with Crippen molar-refractivity contribution < 1.29 is 4.42 Å². The molecule has 0 atom stereocenters. The van der Waals surface area contributed by atoms with E-state index in [9.17, 15) is 0 Å². The highest BCUT2D eigenvalue weighted by molar-refractivity contribution is 14.0. The Balaban J connectivity index is 0.00000289. The highest BCUT2D eigenvalue weighted by Gasteiger charge is 2.18. The zero-order valence-electron chi connectivity index (χ0n) is 11.7. The minimum atomic E-state index is -0.00536. The third-order valence-electron chi connectivity index (χ3n) is 2.27. The molecule has 0 fully saturated rings. The molecule has 0 amide bonds. The number of aromatic nitrogens is 1. The molecule has 0 aliphatic heterocycles. The monoisotopic (exact) mass is 366 g/mol. The highest BCUT2D eigenvalue weighted by Crippen LogP contribution is 2.22. The van der Waals surface area contributed by atoms with E-state index in [0.29, 0.717) is 12.4 Å². The molecule has 104 valence electrons. The topological polar surface area (TPSA) is 62.5 Å². The first-order valence-electron chi connectivity index (χ1n) is 5.87. The smallest absolute Gasteiger partial charge is 0.213 e. The number of rotatable bonds is 3. The van der Waals surface area contributed by atoms with Gasteiger partial charge in [0.2, 0.25) is 5.89 Å². The van der Waals surface area contributed by atoms with Crippen molar-refractivity contribution in [3.63, 3.8) is 0 Å². The molecule has 1 heterocycles. The number of oxazole rings is 1. The molecule has 0 spiro atoms. The second-order valence-corrected chi connectivity index (χ2v) is 4.82. The number of guanidine groups is 1. The Morgan fingerprint density at radius 3 is 2.50 bits per heavy atom. The van der Waals surface area contributed by atoms with Gasteiger partial charge in [-0.05, 0) is 6.92 Å². The first kappa shape index (κ1) is 17.2. The number of hydrogen-bond donors (Lipinski definition) is 2. The molecule has 0 radical (unpaired) electrons. The van der Waals surface area contributed by atoms with Crippen LogP contribution >= 0.6 is 24.0 Å². The molecule has 0 aliphatic carbocycles. The van der Waals surface area contributed by atoms with Crippen molar-refractivity contribution in [3.8, 4) is 0 Å². The van der Waals surface area contributed by atoms with E-state index in [0.717, 1.165) is 18.3 Å². The van der Waals surface area contributed by atoms with Gasteiger partial charge in [0, 0.05) is 19.0 Å². The van der Waals surface area contributed by atoms with E-state index in [1.54, 1.807) is 13.2 Å². The number of nitrogens with zero attached hydrogens (tertiary/aromatic N) is 2. The number of aliphatic imine (C=N–C) groups is 1. The third-order valence-corrected chi connectivity index (χ3v) is 2.27. The molecule has 2 N–H and O–H groups in total. The molecule has 5 nitrogen and oxygen atoms in total. The van der Waals surface area contributed by atoms with Gasteiger partial charge in [-0.2, -0.15) is 0 Å².